The molecular formula is C10H10N2O. The summed E-state index contributed by atoms with van der Waals surface area (Å²) < 4.78 is 4.74. The predicted molar refractivity (Wildman–Crippen MR) is 49.1 cm³/mol. The quantitative estimate of drug-likeness (QED) is 0.701. The molecule has 2 heterocycles. The molecule has 0 aliphatic heterocycles. The Labute approximate surface area is 76.4 Å². The Bertz CT molecular complexity index is 364. The first-order valence-corrected chi connectivity index (χ1v) is 4.26. The third-order valence-electron chi connectivity index (χ3n) is 1.93. The summed E-state index contributed by atoms with van der Waals surface area (Å²) in [5.41, 5.74) is 2.86. The second kappa shape index (κ2) is 3.39. The van der Waals surface area contributed by atoms with Crippen LogP contribution in [0.3, 0.4) is 0 Å². The van der Waals surface area contributed by atoms with Crippen LogP contribution in [0, 0.1) is 0 Å². The van der Waals surface area contributed by atoms with E-state index in [1.54, 1.807) is 12.3 Å². The molecule has 0 amide bonds. The van der Waals surface area contributed by atoms with Crippen molar-refractivity contribution in [1.82, 2.24) is 10.1 Å². The molecule has 0 aliphatic carbocycles. The molecule has 13 heavy (non-hydrogen) atoms. The zero-order chi connectivity index (χ0) is 9.10. The monoisotopic (exact) mass is 174 g/mol. The summed E-state index contributed by atoms with van der Waals surface area (Å²) in [6, 6.07) is 5.81. The molecule has 0 atom stereocenters. The molecule has 3 nitrogen and oxygen atoms in total. The topological polar surface area (TPSA) is 38.9 Å². The van der Waals surface area contributed by atoms with Crippen LogP contribution in [0.4, 0.5) is 0 Å². The van der Waals surface area contributed by atoms with Gasteiger partial charge in [-0.05, 0) is 18.1 Å². The minimum Gasteiger partial charge on any atom is -0.364 e. The molecule has 0 fully saturated rings. The van der Waals surface area contributed by atoms with Crippen molar-refractivity contribution in [2.24, 2.45) is 0 Å². The van der Waals surface area contributed by atoms with Crippen molar-refractivity contribution in [1.29, 1.82) is 0 Å². The molecule has 2 aromatic rings. The summed E-state index contributed by atoms with van der Waals surface area (Å²) in [6.45, 7) is 2.10. The summed E-state index contributed by atoms with van der Waals surface area (Å²) in [5.74, 6) is 0. The van der Waals surface area contributed by atoms with E-state index in [2.05, 4.69) is 23.1 Å². The largest absolute Gasteiger partial charge is 0.364 e. The average Bonchev–Trinajstić information content (AvgIpc) is 2.71. The van der Waals surface area contributed by atoms with Gasteiger partial charge in [-0.25, -0.2) is 0 Å². The van der Waals surface area contributed by atoms with E-state index in [1.807, 2.05) is 12.3 Å². The Morgan fingerprint density at radius 2 is 2.15 bits per heavy atom. The van der Waals surface area contributed by atoms with Crippen LogP contribution >= 0.6 is 0 Å². The first-order chi connectivity index (χ1) is 6.40. The van der Waals surface area contributed by atoms with Gasteiger partial charge in [-0.15, -0.1) is 0 Å². The van der Waals surface area contributed by atoms with Crippen molar-refractivity contribution in [3.05, 3.63) is 36.2 Å². The van der Waals surface area contributed by atoms with E-state index in [0.717, 1.165) is 17.8 Å². The fraction of sp³-hybridized carbons (Fsp3) is 0.200. The molecule has 0 unspecified atom stereocenters. The molecule has 0 N–H and O–H groups in total. The molecule has 66 valence electrons. The second-order valence-electron chi connectivity index (χ2n) is 2.79. The number of rotatable bonds is 2. The van der Waals surface area contributed by atoms with Crippen molar-refractivity contribution in [3.8, 4) is 11.4 Å². The third-order valence-corrected chi connectivity index (χ3v) is 1.93. The number of aromatic nitrogens is 2. The minimum absolute atomic E-state index is 0.780. The summed E-state index contributed by atoms with van der Waals surface area (Å²) in [4.78, 5) is 4.27. The van der Waals surface area contributed by atoms with Gasteiger partial charge in [0.25, 0.3) is 0 Å². The molecule has 0 bridgehead atoms. The van der Waals surface area contributed by atoms with E-state index in [9.17, 15) is 0 Å². The van der Waals surface area contributed by atoms with E-state index in [-0.39, 0.29) is 0 Å². The van der Waals surface area contributed by atoms with Gasteiger partial charge in [0, 0.05) is 12.3 Å². The van der Waals surface area contributed by atoms with Crippen molar-refractivity contribution in [2.45, 2.75) is 13.3 Å². The van der Waals surface area contributed by atoms with Crippen molar-refractivity contribution in [2.75, 3.05) is 0 Å². The number of pyridine rings is 1. The number of hydrogen-bond donors (Lipinski definition) is 0. The molecule has 0 aromatic carbocycles. The minimum atomic E-state index is 0.780. The van der Waals surface area contributed by atoms with Crippen molar-refractivity contribution < 1.29 is 4.52 Å². The lowest BCUT2D eigenvalue weighted by Crippen LogP contribution is -1.85. The highest BCUT2D eigenvalue weighted by molar-refractivity contribution is 5.52. The maximum Gasteiger partial charge on any atom is 0.132 e. The molecule has 2 aromatic heterocycles. The fourth-order valence-corrected chi connectivity index (χ4v) is 1.13. The maximum atomic E-state index is 4.74. The molecular weight excluding hydrogens is 164 g/mol. The van der Waals surface area contributed by atoms with E-state index >= 15 is 0 Å². The van der Waals surface area contributed by atoms with E-state index in [0.29, 0.717) is 0 Å². The maximum absolute atomic E-state index is 4.74. The normalized spacial score (nSPS) is 10.2. The molecule has 0 spiro atoms. The molecule has 0 saturated carbocycles. The standard InChI is InChI=1S/C10H10N2O/c1-2-8-3-4-9(11-7-8)10-5-6-13-12-10/h3-7H,2H2,1H3. The van der Waals surface area contributed by atoms with Crippen LogP contribution in [0.2, 0.25) is 0 Å². The van der Waals surface area contributed by atoms with Gasteiger partial charge >= 0.3 is 0 Å². The van der Waals surface area contributed by atoms with Crippen LogP contribution in [0.15, 0.2) is 35.2 Å². The first-order valence-electron chi connectivity index (χ1n) is 4.26. The van der Waals surface area contributed by atoms with Gasteiger partial charge in [0.2, 0.25) is 0 Å². The van der Waals surface area contributed by atoms with Gasteiger partial charge in [-0.2, -0.15) is 0 Å². The average molecular weight is 174 g/mol. The van der Waals surface area contributed by atoms with E-state index in [1.165, 1.54) is 5.56 Å². The number of aryl methyl sites for hydroxylation is 1. The van der Waals surface area contributed by atoms with Gasteiger partial charge in [0.15, 0.2) is 0 Å². The van der Waals surface area contributed by atoms with E-state index < -0.39 is 0 Å². The van der Waals surface area contributed by atoms with Gasteiger partial charge in [-0.3, -0.25) is 4.98 Å². The zero-order valence-corrected chi connectivity index (χ0v) is 7.40. The van der Waals surface area contributed by atoms with Gasteiger partial charge < -0.3 is 4.52 Å². The molecule has 3 heteroatoms. The zero-order valence-electron chi connectivity index (χ0n) is 7.40. The van der Waals surface area contributed by atoms with Crippen LogP contribution in [0.25, 0.3) is 11.4 Å². The lowest BCUT2D eigenvalue weighted by atomic mass is 10.2. The van der Waals surface area contributed by atoms with Crippen LogP contribution in [0.1, 0.15) is 12.5 Å². The molecule has 0 saturated heterocycles. The Balaban J connectivity index is 2.33. The summed E-state index contributed by atoms with van der Waals surface area (Å²) in [5, 5.41) is 3.80. The molecule has 2 rings (SSSR count). The predicted octanol–water partition coefficient (Wildman–Crippen LogP) is 2.30. The van der Waals surface area contributed by atoms with E-state index in [4.69, 9.17) is 4.52 Å². The second-order valence-corrected chi connectivity index (χ2v) is 2.79. The van der Waals surface area contributed by atoms with Crippen LogP contribution in [-0.2, 0) is 6.42 Å². The highest BCUT2D eigenvalue weighted by Crippen LogP contribution is 2.13. The van der Waals surface area contributed by atoms with Crippen LogP contribution in [-0.4, -0.2) is 10.1 Å². The first kappa shape index (κ1) is 7.98. The molecule has 0 aliphatic rings. The van der Waals surface area contributed by atoms with Gasteiger partial charge in [-0.1, -0.05) is 18.1 Å². The summed E-state index contributed by atoms with van der Waals surface area (Å²) in [7, 11) is 0. The Hall–Kier alpha value is -1.64. The smallest absolute Gasteiger partial charge is 0.132 e. The van der Waals surface area contributed by atoms with Crippen molar-refractivity contribution >= 4 is 0 Å². The van der Waals surface area contributed by atoms with Gasteiger partial charge in [0.1, 0.15) is 12.0 Å². The fourth-order valence-electron chi connectivity index (χ4n) is 1.13. The third kappa shape index (κ3) is 1.59. The highest BCUT2D eigenvalue weighted by atomic mass is 16.5. The molecule has 0 radical (unpaired) electrons. The van der Waals surface area contributed by atoms with Crippen LogP contribution in [0.5, 0.6) is 0 Å². The lowest BCUT2D eigenvalue weighted by Gasteiger charge is -1.96. The van der Waals surface area contributed by atoms with Crippen molar-refractivity contribution in [3.63, 3.8) is 0 Å². The number of hydrogen-bond acceptors (Lipinski definition) is 3. The highest BCUT2D eigenvalue weighted by Gasteiger charge is 2.01. The summed E-state index contributed by atoms with van der Waals surface area (Å²) in [6.07, 6.45) is 4.42. The number of nitrogens with zero attached hydrogens (tertiary/aromatic N) is 2. The Morgan fingerprint density at radius 3 is 2.69 bits per heavy atom. The van der Waals surface area contributed by atoms with Gasteiger partial charge in [0.05, 0.1) is 5.69 Å². The SMILES string of the molecule is CCc1ccc(-c2ccon2)nc1. The Morgan fingerprint density at radius 1 is 1.23 bits per heavy atom. The summed E-state index contributed by atoms with van der Waals surface area (Å²) >= 11 is 0. The lowest BCUT2D eigenvalue weighted by molar-refractivity contribution is 0.422. The Kier molecular flexibility index (Phi) is 2.08. The van der Waals surface area contributed by atoms with Crippen LogP contribution < -0.4 is 0 Å².